The number of nitrogens with one attached hydrogen (secondary N) is 1. The molecular weight excluding hydrogens is 280 g/mol. The van der Waals surface area contributed by atoms with E-state index in [2.05, 4.69) is 26.1 Å². The average molecular weight is 302 g/mol. The first-order chi connectivity index (χ1) is 10.2. The Morgan fingerprint density at radius 3 is 2.41 bits per heavy atom. The normalized spacial score (nSPS) is 32.0. The molecule has 1 N–H and O–H groups in total. The minimum atomic E-state index is -0.457. The van der Waals surface area contributed by atoms with E-state index in [9.17, 15) is 14.9 Å². The second-order valence-electron chi connectivity index (χ2n) is 7.63. The van der Waals surface area contributed by atoms with Gasteiger partial charge in [0.25, 0.3) is 11.6 Å². The molecule has 0 aliphatic heterocycles. The first-order valence-electron chi connectivity index (χ1n) is 7.79. The second kappa shape index (κ2) is 4.80. The lowest BCUT2D eigenvalue weighted by Crippen LogP contribution is -2.52. The van der Waals surface area contributed by atoms with Gasteiger partial charge in [-0.2, -0.15) is 0 Å². The number of hydrogen-bond acceptors (Lipinski definition) is 3. The van der Waals surface area contributed by atoms with E-state index in [0.29, 0.717) is 11.5 Å². The van der Waals surface area contributed by atoms with Gasteiger partial charge in [-0.25, -0.2) is 0 Å². The second-order valence-corrected chi connectivity index (χ2v) is 7.63. The van der Waals surface area contributed by atoms with Gasteiger partial charge in [-0.05, 0) is 48.1 Å². The lowest BCUT2D eigenvalue weighted by Gasteiger charge is -2.43. The molecule has 0 radical (unpaired) electrons. The third kappa shape index (κ3) is 2.19. The quantitative estimate of drug-likeness (QED) is 0.685. The monoisotopic (exact) mass is 302 g/mol. The van der Waals surface area contributed by atoms with Crippen molar-refractivity contribution < 1.29 is 9.72 Å². The highest BCUT2D eigenvalue weighted by Gasteiger charge is 2.59. The Kier molecular flexibility index (Phi) is 3.27. The average Bonchev–Trinajstić information content (AvgIpc) is 2.94. The summed E-state index contributed by atoms with van der Waals surface area (Å²) < 4.78 is 0. The van der Waals surface area contributed by atoms with Crippen molar-refractivity contribution in [3.05, 3.63) is 39.9 Å². The SMILES string of the molecule is CC1(C)[C@@H]2CC[C@@](C)(C2)[C@@H]1NC(=O)c1ccc([N+](=O)[O-])cc1. The molecule has 1 amide bonds. The number of hydrogen-bond donors (Lipinski definition) is 1. The van der Waals surface area contributed by atoms with Gasteiger partial charge in [0.1, 0.15) is 0 Å². The van der Waals surface area contributed by atoms with Gasteiger partial charge < -0.3 is 5.32 Å². The zero-order valence-electron chi connectivity index (χ0n) is 13.3. The highest BCUT2D eigenvalue weighted by atomic mass is 16.6. The number of carbonyl (C=O) groups excluding carboxylic acids is 1. The molecule has 3 rings (SSSR count). The van der Waals surface area contributed by atoms with E-state index in [1.807, 2.05) is 0 Å². The van der Waals surface area contributed by atoms with Gasteiger partial charge in [-0.3, -0.25) is 14.9 Å². The lowest BCUT2D eigenvalue weighted by molar-refractivity contribution is -0.384. The minimum Gasteiger partial charge on any atom is -0.348 e. The van der Waals surface area contributed by atoms with Crippen LogP contribution in [-0.4, -0.2) is 16.9 Å². The number of non-ortho nitro benzene ring substituents is 1. The number of nitro groups is 1. The van der Waals surface area contributed by atoms with Crippen LogP contribution in [0, 0.1) is 26.9 Å². The van der Waals surface area contributed by atoms with Gasteiger partial charge in [0.15, 0.2) is 0 Å². The molecule has 0 heterocycles. The van der Waals surface area contributed by atoms with Crippen molar-refractivity contribution in [1.82, 2.24) is 5.32 Å². The molecule has 0 aromatic heterocycles. The van der Waals surface area contributed by atoms with Crippen LogP contribution in [-0.2, 0) is 0 Å². The van der Waals surface area contributed by atoms with E-state index in [4.69, 9.17) is 0 Å². The first-order valence-corrected chi connectivity index (χ1v) is 7.79. The summed E-state index contributed by atoms with van der Waals surface area (Å²) in [7, 11) is 0. The van der Waals surface area contributed by atoms with Crippen molar-refractivity contribution in [2.24, 2.45) is 16.7 Å². The minimum absolute atomic E-state index is 0.00349. The number of fused-ring (bicyclic) bond motifs is 2. The molecule has 1 aromatic carbocycles. The molecule has 5 nitrogen and oxygen atoms in total. The highest BCUT2D eigenvalue weighted by molar-refractivity contribution is 5.94. The molecule has 2 bridgehead atoms. The van der Waals surface area contributed by atoms with Crippen LogP contribution < -0.4 is 5.32 Å². The number of amides is 1. The molecule has 118 valence electrons. The molecule has 0 saturated heterocycles. The van der Waals surface area contributed by atoms with Crippen molar-refractivity contribution >= 4 is 11.6 Å². The van der Waals surface area contributed by atoms with Gasteiger partial charge in [0.2, 0.25) is 0 Å². The molecule has 2 aliphatic carbocycles. The van der Waals surface area contributed by atoms with Crippen molar-refractivity contribution in [1.29, 1.82) is 0 Å². The summed E-state index contributed by atoms with van der Waals surface area (Å²) in [6, 6.07) is 5.96. The van der Waals surface area contributed by atoms with Crippen molar-refractivity contribution in [3.8, 4) is 0 Å². The molecule has 3 atom stereocenters. The van der Waals surface area contributed by atoms with Crippen molar-refractivity contribution in [3.63, 3.8) is 0 Å². The smallest absolute Gasteiger partial charge is 0.269 e. The van der Waals surface area contributed by atoms with Crippen molar-refractivity contribution in [2.45, 2.75) is 46.1 Å². The number of nitro benzene ring substituents is 1. The largest absolute Gasteiger partial charge is 0.348 e. The van der Waals surface area contributed by atoms with Gasteiger partial charge in [0, 0.05) is 23.7 Å². The van der Waals surface area contributed by atoms with E-state index in [-0.39, 0.29) is 28.5 Å². The van der Waals surface area contributed by atoms with Crippen LogP contribution in [0.2, 0.25) is 0 Å². The Balaban J connectivity index is 1.78. The Morgan fingerprint density at radius 1 is 1.27 bits per heavy atom. The molecular formula is C17H22N2O3. The number of benzene rings is 1. The fourth-order valence-corrected chi connectivity index (χ4v) is 4.61. The molecule has 2 fully saturated rings. The van der Waals surface area contributed by atoms with Crippen LogP contribution in [0.1, 0.15) is 50.4 Å². The number of rotatable bonds is 3. The summed E-state index contributed by atoms with van der Waals surface area (Å²) >= 11 is 0. The van der Waals surface area contributed by atoms with Crippen LogP contribution in [0.25, 0.3) is 0 Å². The van der Waals surface area contributed by atoms with Gasteiger partial charge in [0.05, 0.1) is 4.92 Å². The van der Waals surface area contributed by atoms with Crippen LogP contribution in [0.5, 0.6) is 0 Å². The first kappa shape index (κ1) is 15.0. The maximum absolute atomic E-state index is 12.5. The number of carbonyl (C=O) groups is 1. The summed E-state index contributed by atoms with van der Waals surface area (Å²) in [4.78, 5) is 22.7. The Morgan fingerprint density at radius 2 is 1.91 bits per heavy atom. The van der Waals surface area contributed by atoms with E-state index >= 15 is 0 Å². The maximum Gasteiger partial charge on any atom is 0.269 e. The molecule has 5 heteroatoms. The molecule has 2 aliphatic rings. The van der Waals surface area contributed by atoms with Gasteiger partial charge >= 0.3 is 0 Å². The molecule has 2 saturated carbocycles. The standard InChI is InChI=1S/C17H22N2O3/c1-16(2)12-8-9-17(3,10-12)15(16)18-14(20)11-4-6-13(7-5-11)19(21)22/h4-7,12,15H,8-10H2,1-3H3,(H,18,20)/t12-,15-,17+/m1/s1. The summed E-state index contributed by atoms with van der Waals surface area (Å²) in [6.45, 7) is 6.74. The highest BCUT2D eigenvalue weighted by Crippen LogP contribution is 2.62. The predicted molar refractivity (Wildman–Crippen MR) is 83.6 cm³/mol. The Labute approximate surface area is 130 Å². The summed E-state index contributed by atoms with van der Waals surface area (Å²) in [5, 5.41) is 13.9. The third-order valence-corrected chi connectivity index (χ3v) is 5.89. The maximum atomic E-state index is 12.5. The fourth-order valence-electron chi connectivity index (χ4n) is 4.61. The Bertz CT molecular complexity index is 619. The van der Waals surface area contributed by atoms with Crippen LogP contribution >= 0.6 is 0 Å². The molecule has 0 spiro atoms. The van der Waals surface area contributed by atoms with Gasteiger partial charge in [-0.1, -0.05) is 20.8 Å². The van der Waals surface area contributed by atoms with Crippen LogP contribution in [0.4, 0.5) is 5.69 Å². The predicted octanol–water partition coefficient (Wildman–Crippen LogP) is 3.54. The fraction of sp³-hybridized carbons (Fsp3) is 0.588. The third-order valence-electron chi connectivity index (χ3n) is 5.89. The van der Waals surface area contributed by atoms with Crippen molar-refractivity contribution in [2.75, 3.05) is 0 Å². The zero-order chi connectivity index (χ0) is 16.1. The molecule has 22 heavy (non-hydrogen) atoms. The lowest BCUT2D eigenvalue weighted by atomic mass is 9.68. The summed E-state index contributed by atoms with van der Waals surface area (Å²) in [6.07, 6.45) is 3.57. The van der Waals surface area contributed by atoms with E-state index in [1.54, 1.807) is 0 Å². The zero-order valence-corrected chi connectivity index (χ0v) is 13.3. The molecule has 1 aromatic rings. The summed E-state index contributed by atoms with van der Waals surface area (Å²) in [5.74, 6) is 0.529. The van der Waals surface area contributed by atoms with E-state index in [1.165, 1.54) is 37.1 Å². The van der Waals surface area contributed by atoms with Crippen LogP contribution in [0.15, 0.2) is 24.3 Å². The summed E-state index contributed by atoms with van der Waals surface area (Å²) in [5.41, 5.74) is 0.755. The van der Waals surface area contributed by atoms with E-state index < -0.39 is 4.92 Å². The van der Waals surface area contributed by atoms with Crippen LogP contribution in [0.3, 0.4) is 0 Å². The Hall–Kier alpha value is -1.91. The number of nitrogens with zero attached hydrogens (tertiary/aromatic N) is 1. The molecule has 0 unspecified atom stereocenters. The van der Waals surface area contributed by atoms with Gasteiger partial charge in [-0.15, -0.1) is 0 Å². The van der Waals surface area contributed by atoms with E-state index in [0.717, 1.165) is 6.42 Å². The topological polar surface area (TPSA) is 72.2 Å².